The Morgan fingerprint density at radius 2 is 2.00 bits per heavy atom. The molecular weight excluding hydrogens is 186 g/mol. The molecule has 72 valence electrons. The maximum atomic E-state index is 10.7. The zero-order valence-electron chi connectivity index (χ0n) is 7.47. The lowest BCUT2D eigenvalue weighted by Gasteiger charge is -2.22. The Morgan fingerprint density at radius 1 is 1.38 bits per heavy atom. The van der Waals surface area contributed by atoms with Crippen LogP contribution in [0.25, 0.3) is 0 Å². The predicted octanol–water partition coefficient (Wildman–Crippen LogP) is 1.30. The molecule has 0 fully saturated rings. The van der Waals surface area contributed by atoms with Gasteiger partial charge in [-0.2, -0.15) is 0 Å². The third-order valence-corrected chi connectivity index (χ3v) is 2.57. The summed E-state index contributed by atoms with van der Waals surface area (Å²) >= 11 is -2.12. The van der Waals surface area contributed by atoms with Crippen LogP contribution >= 0.6 is 0 Å². The minimum absolute atomic E-state index is 0.452. The van der Waals surface area contributed by atoms with E-state index in [0.29, 0.717) is 13.1 Å². The summed E-state index contributed by atoms with van der Waals surface area (Å²) in [5, 5.41) is 0. The van der Waals surface area contributed by atoms with Crippen molar-refractivity contribution in [3.63, 3.8) is 0 Å². The van der Waals surface area contributed by atoms with Crippen molar-refractivity contribution in [2.75, 3.05) is 6.54 Å². The maximum Gasteiger partial charge on any atom is 0.0353 e. The molecule has 1 aromatic carbocycles. The number of hydrogen-bond donors (Lipinski definition) is 0. The van der Waals surface area contributed by atoms with Gasteiger partial charge in [0.05, 0.1) is 0 Å². The SMILES string of the molecule is CCN(Cc1ccccc1)S(=O)[O-]. The molecule has 0 aromatic heterocycles. The highest BCUT2D eigenvalue weighted by Gasteiger charge is 2.02. The summed E-state index contributed by atoms with van der Waals surface area (Å²) < 4.78 is 22.7. The van der Waals surface area contributed by atoms with Crippen LogP contribution in [0.3, 0.4) is 0 Å². The molecule has 0 N–H and O–H groups in total. The van der Waals surface area contributed by atoms with Crippen molar-refractivity contribution >= 4 is 11.3 Å². The van der Waals surface area contributed by atoms with Crippen molar-refractivity contribution in [2.24, 2.45) is 0 Å². The van der Waals surface area contributed by atoms with Gasteiger partial charge in [0.2, 0.25) is 0 Å². The van der Waals surface area contributed by atoms with Crippen molar-refractivity contribution < 1.29 is 8.76 Å². The van der Waals surface area contributed by atoms with E-state index < -0.39 is 11.3 Å². The third-order valence-electron chi connectivity index (χ3n) is 1.77. The quantitative estimate of drug-likeness (QED) is 0.684. The van der Waals surface area contributed by atoms with Crippen LogP contribution in [0.4, 0.5) is 0 Å². The normalized spacial score (nSPS) is 13.2. The highest BCUT2D eigenvalue weighted by atomic mass is 32.2. The molecule has 0 aliphatic rings. The van der Waals surface area contributed by atoms with Crippen molar-refractivity contribution in [2.45, 2.75) is 13.5 Å². The molecule has 4 heteroatoms. The zero-order valence-corrected chi connectivity index (χ0v) is 8.29. The molecule has 1 rings (SSSR count). The first kappa shape index (κ1) is 10.4. The number of benzene rings is 1. The summed E-state index contributed by atoms with van der Waals surface area (Å²) in [7, 11) is 0. The van der Waals surface area contributed by atoms with Crippen LogP contribution in [0.1, 0.15) is 12.5 Å². The molecule has 0 heterocycles. The second-order valence-electron chi connectivity index (χ2n) is 2.66. The Balaban J connectivity index is 2.62. The average Bonchev–Trinajstić information content (AvgIpc) is 2.15. The first-order valence-electron chi connectivity index (χ1n) is 4.12. The summed E-state index contributed by atoms with van der Waals surface area (Å²) in [6.45, 7) is 2.77. The zero-order chi connectivity index (χ0) is 9.68. The van der Waals surface area contributed by atoms with Crippen LogP contribution < -0.4 is 0 Å². The van der Waals surface area contributed by atoms with Crippen LogP contribution in [0.5, 0.6) is 0 Å². The predicted molar refractivity (Wildman–Crippen MR) is 51.4 cm³/mol. The molecule has 1 unspecified atom stereocenters. The average molecular weight is 198 g/mol. The molecule has 1 atom stereocenters. The van der Waals surface area contributed by atoms with Gasteiger partial charge in [0, 0.05) is 24.4 Å². The van der Waals surface area contributed by atoms with Gasteiger partial charge in [-0.05, 0) is 5.56 Å². The molecular formula is C9H12NO2S-. The van der Waals surface area contributed by atoms with Gasteiger partial charge in [0.15, 0.2) is 0 Å². The fourth-order valence-electron chi connectivity index (χ4n) is 1.06. The van der Waals surface area contributed by atoms with E-state index in [9.17, 15) is 8.76 Å². The van der Waals surface area contributed by atoms with Crippen LogP contribution in [-0.2, 0) is 17.8 Å². The van der Waals surface area contributed by atoms with Crippen LogP contribution in [0.2, 0.25) is 0 Å². The van der Waals surface area contributed by atoms with E-state index in [1.165, 1.54) is 4.31 Å². The fraction of sp³-hybridized carbons (Fsp3) is 0.333. The third kappa shape index (κ3) is 3.26. The van der Waals surface area contributed by atoms with Crippen molar-refractivity contribution in [3.05, 3.63) is 35.9 Å². The number of nitrogens with zero attached hydrogens (tertiary/aromatic N) is 1. The molecule has 3 nitrogen and oxygen atoms in total. The minimum Gasteiger partial charge on any atom is -0.760 e. The second kappa shape index (κ2) is 5.11. The molecule has 0 saturated carbocycles. The fourth-order valence-corrected chi connectivity index (χ4v) is 1.52. The molecule has 0 amide bonds. The Hall–Kier alpha value is -0.710. The van der Waals surface area contributed by atoms with E-state index in [1.54, 1.807) is 0 Å². The Morgan fingerprint density at radius 3 is 2.46 bits per heavy atom. The Labute approximate surface area is 80.8 Å². The topological polar surface area (TPSA) is 43.4 Å². The van der Waals surface area contributed by atoms with Gasteiger partial charge in [0.25, 0.3) is 0 Å². The molecule has 0 saturated heterocycles. The van der Waals surface area contributed by atoms with Gasteiger partial charge in [-0.25, -0.2) is 4.31 Å². The smallest absolute Gasteiger partial charge is 0.0353 e. The first-order valence-corrected chi connectivity index (χ1v) is 5.15. The van der Waals surface area contributed by atoms with Gasteiger partial charge in [-0.1, -0.05) is 37.3 Å². The van der Waals surface area contributed by atoms with Gasteiger partial charge in [0.1, 0.15) is 0 Å². The van der Waals surface area contributed by atoms with E-state index in [4.69, 9.17) is 0 Å². The lowest BCUT2D eigenvalue weighted by atomic mass is 10.2. The van der Waals surface area contributed by atoms with E-state index >= 15 is 0 Å². The summed E-state index contributed by atoms with van der Waals surface area (Å²) in [6, 6.07) is 9.53. The van der Waals surface area contributed by atoms with Crippen LogP contribution in [-0.4, -0.2) is 19.6 Å². The van der Waals surface area contributed by atoms with E-state index in [1.807, 2.05) is 37.3 Å². The summed E-state index contributed by atoms with van der Waals surface area (Å²) in [6.07, 6.45) is 0. The standard InChI is InChI=1S/C9H13NO2S/c1-2-10(13(11)12)8-9-6-4-3-5-7-9/h3-7H,2,8H2,1H3,(H,11,12)/p-1. The summed E-state index contributed by atoms with van der Waals surface area (Å²) in [5.41, 5.74) is 1.01. The molecule has 1 aromatic rings. The highest BCUT2D eigenvalue weighted by Crippen LogP contribution is 2.04. The number of hydrogen-bond acceptors (Lipinski definition) is 2. The first-order chi connectivity index (χ1) is 6.24. The highest BCUT2D eigenvalue weighted by molar-refractivity contribution is 7.76. The second-order valence-corrected chi connectivity index (χ2v) is 3.61. The summed E-state index contributed by atoms with van der Waals surface area (Å²) in [4.78, 5) is 0. The van der Waals surface area contributed by atoms with E-state index in [-0.39, 0.29) is 0 Å². The van der Waals surface area contributed by atoms with Gasteiger partial charge in [-0.15, -0.1) is 0 Å². The summed E-state index contributed by atoms with van der Waals surface area (Å²) in [5.74, 6) is 0. The van der Waals surface area contributed by atoms with Crippen molar-refractivity contribution in [3.8, 4) is 0 Å². The lowest BCUT2D eigenvalue weighted by molar-refractivity contribution is 0.396. The lowest BCUT2D eigenvalue weighted by Crippen LogP contribution is -2.24. The van der Waals surface area contributed by atoms with E-state index in [0.717, 1.165) is 5.56 Å². The minimum atomic E-state index is -2.12. The molecule has 0 radical (unpaired) electrons. The number of rotatable bonds is 4. The van der Waals surface area contributed by atoms with Crippen LogP contribution in [0, 0.1) is 0 Å². The van der Waals surface area contributed by atoms with Crippen molar-refractivity contribution in [1.29, 1.82) is 0 Å². The molecule has 0 spiro atoms. The van der Waals surface area contributed by atoms with Crippen molar-refractivity contribution in [1.82, 2.24) is 4.31 Å². The Bertz CT molecular complexity index is 276. The van der Waals surface area contributed by atoms with Gasteiger partial charge in [-0.3, -0.25) is 4.21 Å². The van der Waals surface area contributed by atoms with Gasteiger partial charge < -0.3 is 4.55 Å². The monoisotopic (exact) mass is 198 g/mol. The Kier molecular flexibility index (Phi) is 4.08. The van der Waals surface area contributed by atoms with E-state index in [2.05, 4.69) is 0 Å². The van der Waals surface area contributed by atoms with Crippen LogP contribution in [0.15, 0.2) is 30.3 Å². The largest absolute Gasteiger partial charge is 0.760 e. The molecule has 0 aliphatic heterocycles. The molecule has 0 aliphatic carbocycles. The maximum absolute atomic E-state index is 10.7. The molecule has 0 bridgehead atoms. The van der Waals surface area contributed by atoms with Gasteiger partial charge >= 0.3 is 0 Å². The molecule has 13 heavy (non-hydrogen) atoms.